The molecule has 0 aliphatic carbocycles. The minimum absolute atomic E-state index is 0.0146. The molecule has 0 aromatic rings. The second-order valence-corrected chi connectivity index (χ2v) is 23.1. The molecule has 200 valence electrons. The molecule has 0 heterocycles. The van der Waals surface area contributed by atoms with Crippen LogP contribution in [0.5, 0.6) is 0 Å². The van der Waals surface area contributed by atoms with Gasteiger partial charge in [0.1, 0.15) is 0 Å². The van der Waals surface area contributed by atoms with Gasteiger partial charge in [-0.3, -0.25) is 0 Å². The van der Waals surface area contributed by atoms with Crippen molar-refractivity contribution in [1.82, 2.24) is 0 Å². The predicted molar refractivity (Wildman–Crippen MR) is 156 cm³/mol. The quantitative estimate of drug-likeness (QED) is 0.154. The van der Waals surface area contributed by atoms with Gasteiger partial charge in [-0.05, 0) is 101 Å². The van der Waals surface area contributed by atoms with Crippen LogP contribution in [0.1, 0.15) is 109 Å². The number of hydrogen-bond acceptors (Lipinski definition) is 7. The van der Waals surface area contributed by atoms with Crippen LogP contribution in [0, 0.1) is 23.7 Å². The lowest BCUT2D eigenvalue weighted by Gasteiger charge is -2.35. The maximum Gasteiger partial charge on any atom is 0.257 e. The van der Waals surface area contributed by atoms with Crippen molar-refractivity contribution >= 4 is 46.0 Å². The first-order chi connectivity index (χ1) is 14.9. The van der Waals surface area contributed by atoms with E-state index in [2.05, 4.69) is 83.1 Å². The molecule has 0 N–H and O–H groups in total. The lowest BCUT2D eigenvalue weighted by atomic mass is 10.1. The molecule has 0 radical (unpaired) electrons. The van der Waals surface area contributed by atoms with Gasteiger partial charge in [-0.25, -0.2) is 0 Å². The van der Waals surface area contributed by atoms with Gasteiger partial charge in [0.25, 0.3) is 11.4 Å². The normalized spacial score (nSPS) is 20.1. The molecule has 4 unspecified atom stereocenters. The lowest BCUT2D eigenvalue weighted by molar-refractivity contribution is 0.141. The first kappa shape index (κ1) is 34.5. The van der Waals surface area contributed by atoms with Crippen LogP contribution in [-0.2, 0) is 41.7 Å². The Morgan fingerprint density at radius 2 is 0.636 bits per heavy atom. The summed E-state index contributed by atoms with van der Waals surface area (Å²) in [4.78, 5) is 0. The van der Waals surface area contributed by atoms with Gasteiger partial charge >= 0.3 is 0 Å². The van der Waals surface area contributed by atoms with E-state index in [4.69, 9.17) is 41.7 Å². The molecular formula is C24H52O4P2S3. The lowest BCUT2D eigenvalue weighted by Crippen LogP contribution is -2.16. The smallest absolute Gasteiger partial charge is 0.257 e. The van der Waals surface area contributed by atoms with E-state index >= 15 is 0 Å². The Hall–Kier alpha value is 1.49. The molecule has 9 heteroatoms. The number of rotatable bonds is 18. The van der Waals surface area contributed by atoms with Crippen LogP contribution in [0.4, 0.5) is 0 Å². The van der Waals surface area contributed by atoms with Crippen LogP contribution in [0.15, 0.2) is 0 Å². The van der Waals surface area contributed by atoms with E-state index in [9.17, 15) is 0 Å². The van der Waals surface area contributed by atoms with Crippen molar-refractivity contribution in [3.05, 3.63) is 0 Å². The van der Waals surface area contributed by atoms with Crippen LogP contribution >= 0.6 is 22.4 Å². The third-order valence-corrected chi connectivity index (χ3v) is 18.0. The molecule has 0 saturated heterocycles. The summed E-state index contributed by atoms with van der Waals surface area (Å²) in [6, 6.07) is 0. The Balaban J connectivity index is 5.91. The van der Waals surface area contributed by atoms with Crippen molar-refractivity contribution < 1.29 is 18.1 Å². The van der Waals surface area contributed by atoms with E-state index in [0.717, 1.165) is 25.7 Å². The van der Waals surface area contributed by atoms with Gasteiger partial charge in [0.2, 0.25) is 0 Å². The summed E-state index contributed by atoms with van der Waals surface area (Å²) in [7, 11) is 0. The summed E-state index contributed by atoms with van der Waals surface area (Å²) in [6.45, 7) is 25.8. The zero-order chi connectivity index (χ0) is 26.0. The SMILES string of the molecule is CC(C)CC(C)OP(=S)(OC(C)CC(C)C)SP(=S)(OC(C)CC(C)C)OC(C)CC(C)C. The van der Waals surface area contributed by atoms with Crippen LogP contribution in [0.25, 0.3) is 0 Å². The predicted octanol–water partition coefficient (Wildman–Crippen LogP) is 9.97. The van der Waals surface area contributed by atoms with Crippen molar-refractivity contribution in [2.45, 2.75) is 133 Å². The average Bonchev–Trinajstić information content (AvgIpc) is 2.48. The van der Waals surface area contributed by atoms with Crippen LogP contribution in [0.2, 0.25) is 0 Å². The van der Waals surface area contributed by atoms with E-state index < -0.39 is 11.4 Å². The fraction of sp³-hybridized carbons (Fsp3) is 1.00. The van der Waals surface area contributed by atoms with Gasteiger partial charge in [0.15, 0.2) is 0 Å². The monoisotopic (exact) mass is 562 g/mol. The van der Waals surface area contributed by atoms with E-state index in [1.54, 1.807) is 0 Å². The maximum absolute atomic E-state index is 6.49. The molecule has 0 aromatic heterocycles. The molecule has 0 fully saturated rings. The molecule has 0 aliphatic rings. The van der Waals surface area contributed by atoms with E-state index in [1.165, 1.54) is 11.0 Å². The summed E-state index contributed by atoms with van der Waals surface area (Å²) in [5.74, 6) is 2.03. The largest absolute Gasteiger partial charge is 0.318 e. The summed E-state index contributed by atoms with van der Waals surface area (Å²) in [5.41, 5.74) is -5.60. The summed E-state index contributed by atoms with van der Waals surface area (Å²) in [6.07, 6.45) is 3.60. The van der Waals surface area contributed by atoms with Crippen molar-refractivity contribution in [2.75, 3.05) is 0 Å². The highest BCUT2D eigenvalue weighted by atomic mass is 33.2. The third kappa shape index (κ3) is 17.6. The van der Waals surface area contributed by atoms with Gasteiger partial charge in [-0.1, -0.05) is 55.4 Å². The fourth-order valence-electron chi connectivity index (χ4n) is 3.96. The first-order valence-electron chi connectivity index (χ1n) is 12.6. The second-order valence-electron chi connectivity index (χ2n) is 11.2. The Kier molecular flexibility index (Phi) is 17.1. The molecule has 33 heavy (non-hydrogen) atoms. The molecule has 0 spiro atoms. The molecule has 0 rings (SSSR count). The Morgan fingerprint density at radius 3 is 0.788 bits per heavy atom. The van der Waals surface area contributed by atoms with Gasteiger partial charge in [-0.2, -0.15) is 0 Å². The van der Waals surface area contributed by atoms with Gasteiger partial charge in [0, 0.05) is 11.0 Å². The van der Waals surface area contributed by atoms with Gasteiger partial charge in [-0.15, -0.1) is 0 Å². The first-order valence-corrected chi connectivity index (χ1v) is 19.9. The molecule has 0 amide bonds. The maximum atomic E-state index is 6.49. The van der Waals surface area contributed by atoms with Crippen LogP contribution in [-0.4, -0.2) is 24.4 Å². The van der Waals surface area contributed by atoms with Gasteiger partial charge < -0.3 is 18.1 Å². The Morgan fingerprint density at radius 1 is 0.455 bits per heavy atom. The van der Waals surface area contributed by atoms with Crippen molar-refractivity contribution in [2.24, 2.45) is 23.7 Å². The van der Waals surface area contributed by atoms with Crippen LogP contribution in [0.3, 0.4) is 0 Å². The molecular weight excluding hydrogens is 510 g/mol. The summed E-state index contributed by atoms with van der Waals surface area (Å²) < 4.78 is 26.0. The highest BCUT2D eigenvalue weighted by Gasteiger charge is 2.38. The Labute approximate surface area is 220 Å². The third-order valence-electron chi connectivity index (χ3n) is 4.65. The summed E-state index contributed by atoms with van der Waals surface area (Å²) in [5, 5.41) is 0. The zero-order valence-electron chi connectivity index (χ0n) is 23.2. The highest BCUT2D eigenvalue weighted by Crippen LogP contribution is 2.81. The van der Waals surface area contributed by atoms with Crippen molar-refractivity contribution in [3.63, 3.8) is 0 Å². The minimum Gasteiger partial charge on any atom is -0.318 e. The number of hydrogen-bond donors (Lipinski definition) is 0. The van der Waals surface area contributed by atoms with Crippen molar-refractivity contribution in [3.8, 4) is 0 Å². The van der Waals surface area contributed by atoms with E-state index in [1.807, 2.05) is 0 Å². The fourth-order valence-corrected chi connectivity index (χ4v) is 20.8. The molecule has 0 saturated carbocycles. The topological polar surface area (TPSA) is 36.9 Å². The molecule has 4 atom stereocenters. The Bertz CT molecular complexity index is 533. The second kappa shape index (κ2) is 16.4. The standard InChI is InChI=1S/C24H52O4P2S3/c1-17(2)13-21(9)25-29(31,26-22(10)14-18(3)4)33-30(32,27-23(11)15-19(5)6)28-24(12)16-20(7)8/h17-24H,13-16H2,1-12H3. The molecule has 0 aromatic carbocycles. The average molecular weight is 563 g/mol. The summed E-state index contributed by atoms with van der Waals surface area (Å²) >= 11 is 13.6. The van der Waals surface area contributed by atoms with Crippen molar-refractivity contribution in [1.29, 1.82) is 0 Å². The zero-order valence-corrected chi connectivity index (χ0v) is 27.4. The highest BCUT2D eigenvalue weighted by molar-refractivity contribution is 8.96. The van der Waals surface area contributed by atoms with Gasteiger partial charge in [0.05, 0.1) is 24.4 Å². The van der Waals surface area contributed by atoms with E-state index in [-0.39, 0.29) is 24.4 Å². The molecule has 0 aliphatic heterocycles. The molecule has 4 nitrogen and oxygen atoms in total. The minimum atomic E-state index is -2.80. The molecule has 0 bridgehead atoms. The van der Waals surface area contributed by atoms with E-state index in [0.29, 0.717) is 23.7 Å². The van der Waals surface area contributed by atoms with Crippen LogP contribution < -0.4 is 0 Å².